The molecule has 0 unspecified atom stereocenters. The Balaban J connectivity index is 1.74. The van der Waals surface area contributed by atoms with E-state index in [1.807, 2.05) is 24.3 Å². The van der Waals surface area contributed by atoms with Crippen LogP contribution in [0.5, 0.6) is 0 Å². The minimum atomic E-state index is 0.433. The largest absolute Gasteiger partial charge is 0.412 e. The number of benzene rings is 1. The summed E-state index contributed by atoms with van der Waals surface area (Å²) >= 11 is 0. The van der Waals surface area contributed by atoms with E-state index in [1.54, 1.807) is 11.1 Å². The van der Waals surface area contributed by atoms with Crippen molar-refractivity contribution in [1.82, 2.24) is 20.0 Å². The average molecular weight is 313 g/mol. The molecule has 1 aromatic carbocycles. The van der Waals surface area contributed by atoms with Crippen LogP contribution in [0, 0.1) is 0 Å². The van der Waals surface area contributed by atoms with Crippen molar-refractivity contribution in [2.75, 3.05) is 18.9 Å². The third-order valence-electron chi connectivity index (χ3n) is 3.73. The molecule has 2 heterocycles. The summed E-state index contributed by atoms with van der Waals surface area (Å²) in [7, 11) is 0. The molecule has 6 nitrogen and oxygen atoms in total. The number of nitrogens with one attached hydrogen (secondary N) is 1. The smallest absolute Gasteiger partial charge is 0.152 e. The molecule has 0 bridgehead atoms. The molecular weight excluding hydrogens is 290 g/mol. The first-order valence-electron chi connectivity index (χ1n) is 8.05. The van der Waals surface area contributed by atoms with E-state index in [9.17, 15) is 0 Å². The predicted molar refractivity (Wildman–Crippen MR) is 93.3 cm³/mol. The third-order valence-corrected chi connectivity index (χ3v) is 3.73. The summed E-state index contributed by atoms with van der Waals surface area (Å²) < 4.78 is 1.71. The van der Waals surface area contributed by atoms with E-state index in [-0.39, 0.29) is 0 Å². The van der Waals surface area contributed by atoms with Crippen LogP contribution >= 0.6 is 0 Å². The van der Waals surface area contributed by atoms with Crippen LogP contribution in [0.1, 0.15) is 26.7 Å². The number of hydrogen-bond donors (Lipinski definition) is 2. The fraction of sp³-hybridized carbons (Fsp3) is 0.412. The Morgan fingerprint density at radius 2 is 2.09 bits per heavy atom. The Labute approximate surface area is 135 Å². The van der Waals surface area contributed by atoms with Crippen LogP contribution in [0.3, 0.4) is 0 Å². The molecule has 0 aliphatic heterocycles. The zero-order chi connectivity index (χ0) is 16.2. The molecule has 0 saturated heterocycles. The fourth-order valence-corrected chi connectivity index (χ4v) is 2.60. The molecule has 122 valence electrons. The van der Waals surface area contributed by atoms with Gasteiger partial charge in [0, 0.05) is 11.4 Å². The molecule has 0 atom stereocenters. The van der Waals surface area contributed by atoms with E-state index in [1.165, 1.54) is 0 Å². The van der Waals surface area contributed by atoms with Crippen molar-refractivity contribution < 1.29 is 4.84 Å². The highest BCUT2D eigenvalue weighted by molar-refractivity contribution is 6.06. The van der Waals surface area contributed by atoms with Gasteiger partial charge in [0.05, 0.1) is 5.52 Å². The minimum Gasteiger partial charge on any atom is -0.412 e. The first-order valence-corrected chi connectivity index (χ1v) is 8.05. The highest BCUT2D eigenvalue weighted by Crippen LogP contribution is 2.26. The van der Waals surface area contributed by atoms with Gasteiger partial charge in [0.25, 0.3) is 0 Å². The lowest BCUT2D eigenvalue weighted by molar-refractivity contribution is 0.116. The minimum absolute atomic E-state index is 0.433. The van der Waals surface area contributed by atoms with Gasteiger partial charge in [-0.1, -0.05) is 32.0 Å². The lowest BCUT2D eigenvalue weighted by Gasteiger charge is -2.10. The Morgan fingerprint density at radius 3 is 2.91 bits per heavy atom. The standard InChI is InChI=1S/C17H23N5O/c1-12(2)19-9-5-6-10-23-22-11-20-15-16(22)13-7-3-4-8-14(13)21-17(15)18/h3-4,7-8,11-12,19H,5-6,9-10H2,1-2H3,(H2,18,21). The van der Waals surface area contributed by atoms with E-state index >= 15 is 0 Å². The first kappa shape index (κ1) is 15.6. The average Bonchev–Trinajstić information content (AvgIpc) is 2.95. The number of nitrogens with two attached hydrogens (primary N) is 1. The van der Waals surface area contributed by atoms with E-state index in [4.69, 9.17) is 10.6 Å². The van der Waals surface area contributed by atoms with Crippen molar-refractivity contribution in [3.8, 4) is 0 Å². The Kier molecular flexibility index (Phi) is 4.62. The number of anilines is 1. The lowest BCUT2D eigenvalue weighted by atomic mass is 10.2. The van der Waals surface area contributed by atoms with Gasteiger partial charge in [-0.3, -0.25) is 0 Å². The van der Waals surface area contributed by atoms with Crippen LogP contribution in [0.2, 0.25) is 0 Å². The van der Waals surface area contributed by atoms with Gasteiger partial charge >= 0.3 is 0 Å². The van der Waals surface area contributed by atoms with Gasteiger partial charge in [0.2, 0.25) is 0 Å². The molecule has 0 aliphatic rings. The number of fused-ring (bicyclic) bond motifs is 3. The number of rotatable bonds is 7. The topological polar surface area (TPSA) is 78.0 Å². The zero-order valence-corrected chi connectivity index (χ0v) is 13.6. The second-order valence-corrected chi connectivity index (χ2v) is 5.93. The number of nitrogens with zero attached hydrogens (tertiary/aromatic N) is 3. The second-order valence-electron chi connectivity index (χ2n) is 5.93. The Hall–Kier alpha value is -2.34. The third kappa shape index (κ3) is 3.37. The summed E-state index contributed by atoms with van der Waals surface area (Å²) in [5, 5.41) is 4.40. The van der Waals surface area contributed by atoms with Crippen LogP contribution in [0.15, 0.2) is 30.6 Å². The van der Waals surface area contributed by atoms with Gasteiger partial charge in [-0.05, 0) is 25.5 Å². The maximum Gasteiger partial charge on any atom is 0.152 e. The molecule has 6 heteroatoms. The van der Waals surface area contributed by atoms with Crippen molar-refractivity contribution in [2.45, 2.75) is 32.7 Å². The normalized spacial score (nSPS) is 11.6. The van der Waals surface area contributed by atoms with E-state index in [0.717, 1.165) is 35.8 Å². The zero-order valence-electron chi connectivity index (χ0n) is 13.6. The Bertz CT molecular complexity index is 796. The molecule has 3 aromatic rings. The molecule has 0 fully saturated rings. The molecule has 0 spiro atoms. The van der Waals surface area contributed by atoms with Crippen molar-refractivity contribution in [3.05, 3.63) is 30.6 Å². The fourth-order valence-electron chi connectivity index (χ4n) is 2.60. The molecular formula is C17H23N5O. The second kappa shape index (κ2) is 6.83. The molecule has 0 aliphatic carbocycles. The van der Waals surface area contributed by atoms with E-state index in [2.05, 4.69) is 29.1 Å². The number of unbranched alkanes of at least 4 members (excludes halogenated alkanes) is 1. The number of hydrogen-bond acceptors (Lipinski definition) is 5. The van der Waals surface area contributed by atoms with Crippen LogP contribution in [0.4, 0.5) is 5.82 Å². The summed E-state index contributed by atoms with van der Waals surface area (Å²) in [6.07, 6.45) is 3.73. The maximum absolute atomic E-state index is 6.01. The summed E-state index contributed by atoms with van der Waals surface area (Å²) in [5.41, 5.74) is 8.43. The molecule has 0 amide bonds. The molecule has 3 rings (SSSR count). The molecule has 3 N–H and O–H groups in total. The van der Waals surface area contributed by atoms with Gasteiger partial charge < -0.3 is 15.9 Å². The summed E-state index contributed by atoms with van der Waals surface area (Å²) in [5.74, 6) is 0.433. The maximum atomic E-state index is 6.01. The molecule has 0 radical (unpaired) electrons. The lowest BCUT2D eigenvalue weighted by Crippen LogP contribution is -2.24. The van der Waals surface area contributed by atoms with Gasteiger partial charge in [-0.25, -0.2) is 9.97 Å². The summed E-state index contributed by atoms with van der Waals surface area (Å²) in [6.45, 7) is 5.95. The SMILES string of the molecule is CC(C)NCCCCOn1cnc2c(N)nc3ccccc3c21. The van der Waals surface area contributed by atoms with E-state index < -0.39 is 0 Å². The highest BCUT2D eigenvalue weighted by atomic mass is 16.7. The summed E-state index contributed by atoms with van der Waals surface area (Å²) in [6, 6.07) is 8.41. The van der Waals surface area contributed by atoms with Crippen LogP contribution in [-0.4, -0.2) is 33.9 Å². The van der Waals surface area contributed by atoms with Gasteiger partial charge in [-0.2, -0.15) is 4.73 Å². The number of pyridine rings is 1. The van der Waals surface area contributed by atoms with Gasteiger partial charge in [0.15, 0.2) is 5.82 Å². The number of nitrogen functional groups attached to an aromatic ring is 1. The Morgan fingerprint density at radius 1 is 1.26 bits per heavy atom. The number of imidazole rings is 1. The van der Waals surface area contributed by atoms with Gasteiger partial charge in [0.1, 0.15) is 24.0 Å². The molecule has 0 saturated carbocycles. The molecule has 2 aromatic heterocycles. The first-order chi connectivity index (χ1) is 11.2. The quantitative estimate of drug-likeness (QED) is 0.655. The van der Waals surface area contributed by atoms with Crippen molar-refractivity contribution in [1.29, 1.82) is 0 Å². The van der Waals surface area contributed by atoms with Crippen molar-refractivity contribution in [2.24, 2.45) is 0 Å². The van der Waals surface area contributed by atoms with Crippen LogP contribution in [0.25, 0.3) is 21.9 Å². The molecule has 23 heavy (non-hydrogen) atoms. The monoisotopic (exact) mass is 313 g/mol. The number of para-hydroxylation sites is 1. The van der Waals surface area contributed by atoms with Crippen LogP contribution < -0.4 is 15.9 Å². The van der Waals surface area contributed by atoms with Crippen molar-refractivity contribution in [3.63, 3.8) is 0 Å². The highest BCUT2D eigenvalue weighted by Gasteiger charge is 2.12. The van der Waals surface area contributed by atoms with Gasteiger partial charge in [-0.15, -0.1) is 0 Å². The number of aromatic nitrogens is 3. The van der Waals surface area contributed by atoms with Crippen LogP contribution in [-0.2, 0) is 0 Å². The van der Waals surface area contributed by atoms with E-state index in [0.29, 0.717) is 24.0 Å². The van der Waals surface area contributed by atoms with Crippen molar-refractivity contribution >= 4 is 27.8 Å². The predicted octanol–water partition coefficient (Wildman–Crippen LogP) is 2.37. The summed E-state index contributed by atoms with van der Waals surface area (Å²) in [4.78, 5) is 14.6.